The Hall–Kier alpha value is -0.810. The van der Waals surface area contributed by atoms with E-state index in [2.05, 4.69) is 6.92 Å². The Morgan fingerprint density at radius 2 is 0.884 bits per heavy atom. The second kappa shape index (κ2) is 27.5. The van der Waals surface area contributed by atoms with Crippen LogP contribution in [-0.2, 0) is 4.74 Å². The third-order valence-electron chi connectivity index (χ3n) is 9.77. The molecule has 5 heteroatoms. The van der Waals surface area contributed by atoms with Crippen molar-refractivity contribution in [2.24, 2.45) is 0 Å². The number of unbranched alkanes of at least 4 members (excludes halogenated alkanes) is 28. The van der Waals surface area contributed by atoms with Crippen LogP contribution in [0.5, 0.6) is 0 Å². The van der Waals surface area contributed by atoms with E-state index >= 15 is 0 Å². The van der Waals surface area contributed by atoms with Gasteiger partial charge in [-0.05, 0) is 20.3 Å². The van der Waals surface area contributed by atoms with E-state index in [-0.39, 0.29) is 6.61 Å². The van der Waals surface area contributed by atoms with Crippen LogP contribution in [0.2, 0.25) is 0 Å². The molecule has 0 spiro atoms. The first-order chi connectivity index (χ1) is 20.9. The Bertz CT molecular complexity index is 625. The van der Waals surface area contributed by atoms with Gasteiger partial charge in [-0.15, -0.1) is 0 Å². The lowest BCUT2D eigenvalue weighted by Gasteiger charge is -2.32. The number of aliphatic hydroxyl groups excluding tert-OH is 1. The summed E-state index contributed by atoms with van der Waals surface area (Å²) < 4.78 is 5.60. The minimum atomic E-state index is -1.02. The zero-order valence-electron chi connectivity index (χ0n) is 29.2. The number of hydrogen-bond acceptors (Lipinski definition) is 3. The number of carbonyl (C=O) groups is 1. The van der Waals surface area contributed by atoms with Crippen LogP contribution < -0.4 is 0 Å². The number of nitrogens with zero attached hydrogens (tertiary/aromatic N) is 1. The molecule has 43 heavy (non-hydrogen) atoms. The van der Waals surface area contributed by atoms with Crippen LogP contribution in [0.25, 0.3) is 0 Å². The fourth-order valence-corrected chi connectivity index (χ4v) is 6.88. The minimum Gasteiger partial charge on any atom is -0.465 e. The average molecular weight is 610 g/mol. The standard InChI is InChI=1S/C38H75NO4/c1-4-5-6-7-8-9-10-11-12-13-14-15-16-17-18-19-20-21-22-23-24-25-26-27-28-29-30-31-32-33-36(40)35-34-43-38(2,3)39(35)37(41)42/h35-36,40H,4-34H2,1-3H3,(H,41,42)/t35-,36+/m0/s1. The van der Waals surface area contributed by atoms with Crippen molar-refractivity contribution >= 4 is 6.09 Å². The maximum Gasteiger partial charge on any atom is 0.409 e. The number of aliphatic hydroxyl groups is 1. The molecular weight excluding hydrogens is 534 g/mol. The topological polar surface area (TPSA) is 70.0 Å². The third kappa shape index (κ3) is 21.5. The highest BCUT2D eigenvalue weighted by molar-refractivity contribution is 5.66. The van der Waals surface area contributed by atoms with Gasteiger partial charge >= 0.3 is 6.09 Å². The predicted octanol–water partition coefficient (Wildman–Crippen LogP) is 12.2. The molecule has 0 bridgehead atoms. The van der Waals surface area contributed by atoms with Crippen molar-refractivity contribution in [3.05, 3.63) is 0 Å². The molecule has 0 aromatic heterocycles. The summed E-state index contributed by atoms with van der Waals surface area (Å²) in [5, 5.41) is 20.0. The van der Waals surface area contributed by atoms with E-state index in [4.69, 9.17) is 4.74 Å². The summed E-state index contributed by atoms with van der Waals surface area (Å²) in [5.41, 5.74) is -0.858. The SMILES string of the molecule is CCCCCCCCCCCCCCCCCCCCCCCCCCCCCCC[C@@H](O)[C@@H]1COC(C)(C)N1C(=O)O. The van der Waals surface area contributed by atoms with Gasteiger partial charge in [0.25, 0.3) is 0 Å². The van der Waals surface area contributed by atoms with Crippen LogP contribution in [0, 0.1) is 0 Å². The molecule has 0 aliphatic carbocycles. The molecule has 1 heterocycles. The highest BCUT2D eigenvalue weighted by Gasteiger charge is 2.46. The lowest BCUT2D eigenvalue weighted by atomic mass is 10.0. The van der Waals surface area contributed by atoms with Gasteiger partial charge in [-0.2, -0.15) is 0 Å². The maximum absolute atomic E-state index is 11.6. The molecule has 0 saturated carbocycles. The van der Waals surface area contributed by atoms with Gasteiger partial charge in [0, 0.05) is 0 Å². The van der Waals surface area contributed by atoms with E-state index in [0.717, 1.165) is 12.8 Å². The number of rotatable bonds is 31. The van der Waals surface area contributed by atoms with Gasteiger partial charge in [0.2, 0.25) is 0 Å². The number of ether oxygens (including phenoxy) is 1. The lowest BCUT2D eigenvalue weighted by molar-refractivity contribution is -0.0469. The fourth-order valence-electron chi connectivity index (χ4n) is 6.88. The summed E-state index contributed by atoms with van der Waals surface area (Å²) >= 11 is 0. The van der Waals surface area contributed by atoms with E-state index in [1.807, 2.05) is 0 Å². The van der Waals surface area contributed by atoms with Crippen molar-refractivity contribution in [2.45, 2.75) is 231 Å². The molecule has 1 saturated heterocycles. The van der Waals surface area contributed by atoms with Crippen LogP contribution in [-0.4, -0.2) is 45.7 Å². The zero-order chi connectivity index (χ0) is 31.4. The highest BCUT2D eigenvalue weighted by Crippen LogP contribution is 2.30. The summed E-state index contributed by atoms with van der Waals surface area (Å²) in [4.78, 5) is 12.9. The first-order valence-corrected chi connectivity index (χ1v) is 19.2. The van der Waals surface area contributed by atoms with Gasteiger partial charge in [-0.3, -0.25) is 4.90 Å². The molecular formula is C38H75NO4. The van der Waals surface area contributed by atoms with Gasteiger partial charge in [0.1, 0.15) is 5.72 Å². The van der Waals surface area contributed by atoms with Gasteiger partial charge in [0.15, 0.2) is 0 Å². The van der Waals surface area contributed by atoms with Gasteiger partial charge in [-0.1, -0.05) is 193 Å². The Morgan fingerprint density at radius 3 is 1.16 bits per heavy atom. The summed E-state index contributed by atoms with van der Waals surface area (Å²) in [7, 11) is 0. The summed E-state index contributed by atoms with van der Waals surface area (Å²) in [6.07, 6.45) is 39.4. The van der Waals surface area contributed by atoms with Crippen LogP contribution in [0.15, 0.2) is 0 Å². The molecule has 1 aliphatic heterocycles. The predicted molar refractivity (Wildman–Crippen MR) is 184 cm³/mol. The fraction of sp³-hybridized carbons (Fsp3) is 0.974. The average Bonchev–Trinajstić information content (AvgIpc) is 3.31. The number of carboxylic acid groups (broad SMARTS) is 1. The quantitative estimate of drug-likeness (QED) is 0.0767. The van der Waals surface area contributed by atoms with Crippen molar-refractivity contribution in [3.63, 3.8) is 0 Å². The molecule has 256 valence electrons. The molecule has 5 nitrogen and oxygen atoms in total. The van der Waals surface area contributed by atoms with Crippen LogP contribution in [0.1, 0.15) is 213 Å². The van der Waals surface area contributed by atoms with E-state index in [1.54, 1.807) is 13.8 Å². The number of amides is 1. The minimum absolute atomic E-state index is 0.278. The van der Waals surface area contributed by atoms with Gasteiger partial charge in [-0.25, -0.2) is 4.79 Å². The largest absolute Gasteiger partial charge is 0.465 e. The molecule has 0 aromatic rings. The van der Waals surface area contributed by atoms with Crippen molar-refractivity contribution < 1.29 is 19.7 Å². The number of hydrogen-bond donors (Lipinski definition) is 2. The normalized spacial score (nSPS) is 17.1. The van der Waals surface area contributed by atoms with Crippen molar-refractivity contribution in [1.82, 2.24) is 4.90 Å². The first kappa shape index (κ1) is 40.2. The van der Waals surface area contributed by atoms with Crippen molar-refractivity contribution in [1.29, 1.82) is 0 Å². The van der Waals surface area contributed by atoms with E-state index < -0.39 is 24.0 Å². The molecule has 0 aromatic carbocycles. The molecule has 1 rings (SSSR count). The zero-order valence-corrected chi connectivity index (χ0v) is 29.2. The second-order valence-corrected chi connectivity index (χ2v) is 14.2. The summed E-state index contributed by atoms with van der Waals surface area (Å²) in [6, 6.07) is -0.453. The van der Waals surface area contributed by atoms with Crippen LogP contribution >= 0.6 is 0 Å². The Morgan fingerprint density at radius 1 is 0.605 bits per heavy atom. The van der Waals surface area contributed by atoms with Crippen LogP contribution in [0.3, 0.4) is 0 Å². The Balaban J connectivity index is 1.73. The molecule has 0 unspecified atom stereocenters. The first-order valence-electron chi connectivity index (χ1n) is 19.2. The molecule has 0 radical (unpaired) electrons. The third-order valence-corrected chi connectivity index (χ3v) is 9.77. The monoisotopic (exact) mass is 610 g/mol. The van der Waals surface area contributed by atoms with Crippen molar-refractivity contribution in [2.75, 3.05) is 6.61 Å². The lowest BCUT2D eigenvalue weighted by Crippen LogP contribution is -2.51. The smallest absolute Gasteiger partial charge is 0.409 e. The Kier molecular flexibility index (Phi) is 25.7. The second-order valence-electron chi connectivity index (χ2n) is 14.2. The van der Waals surface area contributed by atoms with Gasteiger partial charge < -0.3 is 14.9 Å². The van der Waals surface area contributed by atoms with Gasteiger partial charge in [0.05, 0.1) is 18.8 Å². The molecule has 2 atom stereocenters. The molecule has 2 N–H and O–H groups in total. The van der Waals surface area contributed by atoms with E-state index in [0.29, 0.717) is 6.42 Å². The Labute approximate surface area is 268 Å². The van der Waals surface area contributed by atoms with Crippen molar-refractivity contribution in [3.8, 4) is 0 Å². The highest BCUT2D eigenvalue weighted by atomic mass is 16.5. The molecule has 1 fully saturated rings. The molecule has 1 aliphatic rings. The van der Waals surface area contributed by atoms with E-state index in [9.17, 15) is 15.0 Å². The summed E-state index contributed by atoms with van der Waals surface area (Å²) in [5.74, 6) is 0. The van der Waals surface area contributed by atoms with Crippen LogP contribution in [0.4, 0.5) is 4.79 Å². The molecule has 1 amide bonds. The summed E-state index contributed by atoms with van der Waals surface area (Å²) in [6.45, 7) is 6.07. The van der Waals surface area contributed by atoms with E-state index in [1.165, 1.54) is 178 Å². The maximum atomic E-state index is 11.6.